The minimum Gasteiger partial charge on any atom is -0.482 e. The summed E-state index contributed by atoms with van der Waals surface area (Å²) in [6, 6.07) is 10.3. The van der Waals surface area contributed by atoms with E-state index in [4.69, 9.17) is 16.3 Å². The summed E-state index contributed by atoms with van der Waals surface area (Å²) in [6.45, 7) is 3.83. The van der Waals surface area contributed by atoms with Gasteiger partial charge in [0.25, 0.3) is 5.91 Å². The Morgan fingerprint density at radius 2 is 1.95 bits per heavy atom. The second kappa shape index (κ2) is 7.09. The van der Waals surface area contributed by atoms with Crippen LogP contribution in [0.1, 0.15) is 21.5 Å². The van der Waals surface area contributed by atoms with Gasteiger partial charge in [0.15, 0.2) is 6.61 Å². The molecule has 0 bridgehead atoms. The van der Waals surface area contributed by atoms with Gasteiger partial charge in [-0.1, -0.05) is 17.7 Å². The Kier molecular flexibility index (Phi) is 5.17. The van der Waals surface area contributed by atoms with Gasteiger partial charge < -0.3 is 10.1 Å². The van der Waals surface area contributed by atoms with E-state index in [0.717, 1.165) is 16.8 Å². The van der Waals surface area contributed by atoms with E-state index in [1.54, 1.807) is 12.1 Å². The number of benzene rings is 2. The van der Waals surface area contributed by atoms with Gasteiger partial charge in [-0.2, -0.15) is 0 Å². The van der Waals surface area contributed by atoms with E-state index < -0.39 is 0 Å². The number of ether oxygens (including phenoxy) is 1. The van der Waals surface area contributed by atoms with Crippen LogP contribution in [0.15, 0.2) is 36.4 Å². The topological polar surface area (TPSA) is 55.4 Å². The molecule has 2 aromatic rings. The molecule has 1 amide bonds. The number of aryl methyl sites for hydroxylation is 2. The zero-order valence-electron chi connectivity index (χ0n) is 12.4. The van der Waals surface area contributed by atoms with Crippen LogP contribution in [0.25, 0.3) is 0 Å². The van der Waals surface area contributed by atoms with Crippen molar-refractivity contribution in [3.63, 3.8) is 0 Å². The molecule has 0 saturated heterocycles. The molecule has 2 rings (SSSR count). The SMILES string of the molecule is Cc1ccc(NC(=O)COc2ccc(C=O)cc2Cl)cc1C. The Morgan fingerprint density at radius 3 is 2.59 bits per heavy atom. The fourth-order valence-corrected chi connectivity index (χ4v) is 2.11. The average molecular weight is 318 g/mol. The summed E-state index contributed by atoms with van der Waals surface area (Å²) in [4.78, 5) is 22.5. The van der Waals surface area contributed by atoms with Gasteiger partial charge in [-0.15, -0.1) is 0 Å². The van der Waals surface area contributed by atoms with Crippen LogP contribution in [-0.2, 0) is 4.79 Å². The molecule has 0 aliphatic rings. The van der Waals surface area contributed by atoms with Gasteiger partial charge >= 0.3 is 0 Å². The summed E-state index contributed by atoms with van der Waals surface area (Å²) in [5, 5.41) is 3.05. The maximum Gasteiger partial charge on any atom is 0.262 e. The van der Waals surface area contributed by atoms with Crippen LogP contribution in [-0.4, -0.2) is 18.8 Å². The fraction of sp³-hybridized carbons (Fsp3) is 0.176. The molecule has 4 nitrogen and oxygen atoms in total. The van der Waals surface area contributed by atoms with Crippen molar-refractivity contribution in [3.05, 3.63) is 58.1 Å². The third-order valence-electron chi connectivity index (χ3n) is 3.24. The van der Waals surface area contributed by atoms with E-state index in [2.05, 4.69) is 5.32 Å². The summed E-state index contributed by atoms with van der Waals surface area (Å²) >= 11 is 5.97. The maximum absolute atomic E-state index is 11.9. The van der Waals surface area contributed by atoms with Gasteiger partial charge in [0.05, 0.1) is 5.02 Å². The fourth-order valence-electron chi connectivity index (χ4n) is 1.87. The Balaban J connectivity index is 1.95. The highest BCUT2D eigenvalue weighted by Crippen LogP contribution is 2.25. The predicted octanol–water partition coefficient (Wildman–Crippen LogP) is 3.79. The lowest BCUT2D eigenvalue weighted by molar-refractivity contribution is -0.118. The summed E-state index contributed by atoms with van der Waals surface area (Å²) in [5.74, 6) is 0.0845. The predicted molar refractivity (Wildman–Crippen MR) is 86.9 cm³/mol. The van der Waals surface area contributed by atoms with Crippen molar-refractivity contribution in [3.8, 4) is 5.75 Å². The molecular weight excluding hydrogens is 302 g/mol. The Hall–Kier alpha value is -2.33. The van der Waals surface area contributed by atoms with E-state index >= 15 is 0 Å². The van der Waals surface area contributed by atoms with Crippen LogP contribution in [0.4, 0.5) is 5.69 Å². The molecule has 22 heavy (non-hydrogen) atoms. The normalized spacial score (nSPS) is 10.1. The summed E-state index contributed by atoms with van der Waals surface area (Å²) in [5.41, 5.74) is 3.44. The number of hydrogen-bond donors (Lipinski definition) is 1. The number of carbonyl (C=O) groups is 2. The number of hydrogen-bond acceptors (Lipinski definition) is 3. The number of anilines is 1. The molecule has 2 aromatic carbocycles. The van der Waals surface area contributed by atoms with E-state index in [1.807, 2.05) is 32.0 Å². The molecule has 0 spiro atoms. The van der Waals surface area contributed by atoms with Crippen molar-refractivity contribution < 1.29 is 14.3 Å². The van der Waals surface area contributed by atoms with Crippen LogP contribution in [0.2, 0.25) is 5.02 Å². The molecule has 0 fully saturated rings. The quantitative estimate of drug-likeness (QED) is 0.854. The summed E-state index contributed by atoms with van der Waals surface area (Å²) < 4.78 is 5.36. The maximum atomic E-state index is 11.9. The molecule has 0 aliphatic carbocycles. The highest BCUT2D eigenvalue weighted by molar-refractivity contribution is 6.32. The van der Waals surface area contributed by atoms with Crippen molar-refractivity contribution in [2.24, 2.45) is 0 Å². The standard InChI is InChI=1S/C17H16ClNO3/c1-11-3-5-14(7-12(11)2)19-17(21)10-22-16-6-4-13(9-20)8-15(16)18/h3-9H,10H2,1-2H3,(H,19,21). The molecule has 5 heteroatoms. The lowest BCUT2D eigenvalue weighted by Gasteiger charge is -2.10. The second-order valence-electron chi connectivity index (χ2n) is 4.94. The molecule has 0 radical (unpaired) electrons. The first-order chi connectivity index (χ1) is 10.5. The molecule has 0 heterocycles. The van der Waals surface area contributed by atoms with Crippen LogP contribution >= 0.6 is 11.6 Å². The van der Waals surface area contributed by atoms with Crippen molar-refractivity contribution in [2.45, 2.75) is 13.8 Å². The molecule has 1 N–H and O–H groups in total. The molecule has 0 atom stereocenters. The van der Waals surface area contributed by atoms with Crippen molar-refractivity contribution in [1.82, 2.24) is 0 Å². The Morgan fingerprint density at radius 1 is 1.18 bits per heavy atom. The van der Waals surface area contributed by atoms with E-state index in [9.17, 15) is 9.59 Å². The monoisotopic (exact) mass is 317 g/mol. The van der Waals surface area contributed by atoms with Gasteiger partial charge in [-0.05, 0) is 55.3 Å². The van der Waals surface area contributed by atoms with Crippen molar-refractivity contribution in [2.75, 3.05) is 11.9 Å². The zero-order valence-corrected chi connectivity index (χ0v) is 13.1. The summed E-state index contributed by atoms with van der Waals surface area (Å²) in [6.07, 6.45) is 0.697. The number of carbonyl (C=O) groups excluding carboxylic acids is 2. The first-order valence-corrected chi connectivity index (χ1v) is 7.12. The zero-order chi connectivity index (χ0) is 16.1. The molecule has 114 valence electrons. The van der Waals surface area contributed by atoms with Gasteiger partial charge in [-0.3, -0.25) is 9.59 Å². The van der Waals surface area contributed by atoms with E-state index in [-0.39, 0.29) is 12.5 Å². The number of nitrogens with one attached hydrogen (secondary N) is 1. The minimum atomic E-state index is -0.279. The molecule has 0 aliphatic heterocycles. The molecule has 0 unspecified atom stereocenters. The van der Waals surface area contributed by atoms with E-state index in [1.165, 1.54) is 6.07 Å². The lowest BCUT2D eigenvalue weighted by atomic mass is 10.1. The Bertz CT molecular complexity index is 713. The van der Waals surface area contributed by atoms with Gasteiger partial charge in [0.1, 0.15) is 12.0 Å². The third-order valence-corrected chi connectivity index (χ3v) is 3.54. The molecule has 0 saturated carbocycles. The number of aldehydes is 1. The number of halogens is 1. The highest BCUT2D eigenvalue weighted by atomic mass is 35.5. The van der Waals surface area contributed by atoms with Gasteiger partial charge in [0, 0.05) is 11.3 Å². The smallest absolute Gasteiger partial charge is 0.262 e. The van der Waals surface area contributed by atoms with Crippen molar-refractivity contribution in [1.29, 1.82) is 0 Å². The van der Waals surface area contributed by atoms with Crippen LogP contribution < -0.4 is 10.1 Å². The van der Waals surface area contributed by atoms with Crippen LogP contribution in [0.5, 0.6) is 5.75 Å². The molecule has 0 aromatic heterocycles. The van der Waals surface area contributed by atoms with Crippen LogP contribution in [0.3, 0.4) is 0 Å². The minimum absolute atomic E-state index is 0.160. The summed E-state index contributed by atoms with van der Waals surface area (Å²) in [7, 11) is 0. The van der Waals surface area contributed by atoms with Crippen molar-refractivity contribution >= 4 is 29.5 Å². The average Bonchev–Trinajstić information content (AvgIpc) is 2.49. The van der Waals surface area contributed by atoms with E-state index in [0.29, 0.717) is 22.6 Å². The first-order valence-electron chi connectivity index (χ1n) is 6.74. The second-order valence-corrected chi connectivity index (χ2v) is 5.35. The Labute approximate surface area is 134 Å². The highest BCUT2D eigenvalue weighted by Gasteiger charge is 2.07. The van der Waals surface area contributed by atoms with Gasteiger partial charge in [0.2, 0.25) is 0 Å². The lowest BCUT2D eigenvalue weighted by Crippen LogP contribution is -2.20. The third kappa shape index (κ3) is 4.09. The molecular formula is C17H16ClNO3. The van der Waals surface area contributed by atoms with Gasteiger partial charge in [-0.25, -0.2) is 0 Å². The van der Waals surface area contributed by atoms with Crippen LogP contribution in [0, 0.1) is 13.8 Å². The number of amides is 1. The number of rotatable bonds is 5. The largest absolute Gasteiger partial charge is 0.482 e. The first kappa shape index (κ1) is 16.0.